The average molecular weight is 547 g/mol. The Morgan fingerprint density at radius 3 is 2.68 bits per heavy atom. The van der Waals surface area contributed by atoms with Crippen LogP contribution >= 0.6 is 23.2 Å². The molecule has 10 nitrogen and oxygen atoms in total. The number of nitrogens with zero attached hydrogens (tertiary/aromatic N) is 6. The number of likely N-dealkylation sites (tertiary alicyclic amines) is 1. The van der Waals surface area contributed by atoms with Crippen LogP contribution in [0.15, 0.2) is 35.5 Å². The van der Waals surface area contributed by atoms with Gasteiger partial charge in [-0.1, -0.05) is 36.2 Å². The number of aromatic nitrogens is 1. The Bertz CT molecular complexity index is 1170. The highest BCUT2D eigenvalue weighted by molar-refractivity contribution is 6.33. The largest absolute Gasteiger partial charge is 0.383 e. The van der Waals surface area contributed by atoms with E-state index < -0.39 is 4.92 Å². The van der Waals surface area contributed by atoms with Crippen LogP contribution in [0.1, 0.15) is 37.3 Å². The molecule has 198 valence electrons. The summed E-state index contributed by atoms with van der Waals surface area (Å²) in [6, 6.07) is 7.89. The number of nitrogens with one attached hydrogen (secondary N) is 1. The third-order valence-electron chi connectivity index (χ3n) is 7.29. The maximum Gasteiger partial charge on any atom is 0.289 e. The second-order valence-electron chi connectivity index (χ2n) is 9.45. The van der Waals surface area contributed by atoms with Crippen molar-refractivity contribution in [1.29, 1.82) is 5.41 Å². The number of nitro groups is 1. The Morgan fingerprint density at radius 1 is 1.27 bits per heavy atom. The van der Waals surface area contributed by atoms with Crippen molar-refractivity contribution in [3.05, 3.63) is 61.7 Å². The van der Waals surface area contributed by atoms with E-state index in [0.29, 0.717) is 33.8 Å². The van der Waals surface area contributed by atoms with E-state index in [2.05, 4.69) is 31.6 Å². The van der Waals surface area contributed by atoms with Crippen molar-refractivity contribution >= 4 is 46.9 Å². The number of benzene rings is 1. The molecule has 0 aliphatic carbocycles. The van der Waals surface area contributed by atoms with E-state index in [1.807, 2.05) is 18.2 Å². The SMILES string of the molecule is CCC1CN(c2ncc([N+](=O)[O-])cc2Cl)CCN1C1CCN(Cc2ccc(Cl)cc2C(N)=NC=N)CC1. The van der Waals surface area contributed by atoms with E-state index in [4.69, 9.17) is 34.3 Å². The molecule has 2 saturated heterocycles. The normalized spacial score (nSPS) is 20.2. The van der Waals surface area contributed by atoms with Gasteiger partial charge in [-0.05, 0) is 50.0 Å². The Hall–Kier alpha value is -2.79. The molecule has 0 saturated carbocycles. The third kappa shape index (κ3) is 6.38. The molecule has 3 heterocycles. The lowest BCUT2D eigenvalue weighted by molar-refractivity contribution is -0.385. The van der Waals surface area contributed by atoms with Crippen molar-refractivity contribution < 1.29 is 4.92 Å². The molecule has 1 atom stereocenters. The Labute approximate surface area is 226 Å². The summed E-state index contributed by atoms with van der Waals surface area (Å²) < 4.78 is 0. The van der Waals surface area contributed by atoms with Crippen LogP contribution in [0.3, 0.4) is 0 Å². The van der Waals surface area contributed by atoms with Crippen molar-refractivity contribution in [3.63, 3.8) is 0 Å². The number of hydrogen-bond acceptors (Lipinski definition) is 7. The highest BCUT2D eigenvalue weighted by Gasteiger charge is 2.34. The van der Waals surface area contributed by atoms with Gasteiger partial charge < -0.3 is 10.6 Å². The number of aliphatic imine (C=N–C) groups is 1. The molecule has 0 amide bonds. The van der Waals surface area contributed by atoms with Crippen LogP contribution < -0.4 is 10.6 Å². The second kappa shape index (κ2) is 12.2. The fourth-order valence-corrected chi connectivity index (χ4v) is 5.83. The highest BCUT2D eigenvalue weighted by Crippen LogP contribution is 2.31. The van der Waals surface area contributed by atoms with Gasteiger partial charge in [0.1, 0.15) is 24.2 Å². The Morgan fingerprint density at radius 2 is 2.03 bits per heavy atom. The lowest BCUT2D eigenvalue weighted by Crippen LogP contribution is -2.58. The van der Waals surface area contributed by atoms with Crippen LogP contribution in [0.4, 0.5) is 11.5 Å². The van der Waals surface area contributed by atoms with E-state index in [9.17, 15) is 10.1 Å². The van der Waals surface area contributed by atoms with Gasteiger partial charge in [0.25, 0.3) is 5.69 Å². The van der Waals surface area contributed by atoms with Crippen LogP contribution in [0.2, 0.25) is 10.0 Å². The number of rotatable bonds is 8. The minimum atomic E-state index is -0.478. The first-order chi connectivity index (χ1) is 17.8. The zero-order valence-corrected chi connectivity index (χ0v) is 22.3. The smallest absolute Gasteiger partial charge is 0.289 e. The summed E-state index contributed by atoms with van der Waals surface area (Å²) in [6.07, 6.45) is 5.36. The third-order valence-corrected chi connectivity index (χ3v) is 7.80. The minimum Gasteiger partial charge on any atom is -0.383 e. The van der Waals surface area contributed by atoms with Gasteiger partial charge in [-0.25, -0.2) is 9.98 Å². The number of amidine groups is 1. The number of hydrogen-bond donors (Lipinski definition) is 2. The number of piperazine rings is 1. The van der Waals surface area contributed by atoms with Crippen molar-refractivity contribution in [2.45, 2.75) is 44.8 Å². The summed E-state index contributed by atoms with van der Waals surface area (Å²) >= 11 is 12.5. The van der Waals surface area contributed by atoms with Gasteiger partial charge in [-0.3, -0.25) is 25.3 Å². The molecule has 4 rings (SSSR count). The number of pyridine rings is 1. The zero-order valence-electron chi connectivity index (χ0n) is 20.8. The predicted molar refractivity (Wildman–Crippen MR) is 148 cm³/mol. The van der Waals surface area contributed by atoms with Crippen LogP contribution in [-0.4, -0.2) is 76.7 Å². The predicted octanol–water partition coefficient (Wildman–Crippen LogP) is 4.17. The van der Waals surface area contributed by atoms with Gasteiger partial charge in [0.15, 0.2) is 0 Å². The molecule has 2 aliphatic rings. The molecule has 2 aromatic rings. The fraction of sp³-hybridized carbons (Fsp3) is 0.480. The first kappa shape index (κ1) is 27.3. The van der Waals surface area contributed by atoms with Crippen LogP contribution in [0, 0.1) is 15.5 Å². The van der Waals surface area contributed by atoms with Crippen molar-refractivity contribution in [3.8, 4) is 0 Å². The first-order valence-electron chi connectivity index (χ1n) is 12.4. The van der Waals surface area contributed by atoms with Crippen LogP contribution in [-0.2, 0) is 6.54 Å². The van der Waals surface area contributed by atoms with E-state index in [-0.39, 0.29) is 5.69 Å². The van der Waals surface area contributed by atoms with Crippen molar-refractivity contribution in [1.82, 2.24) is 14.8 Å². The lowest BCUT2D eigenvalue weighted by atomic mass is 9.97. The van der Waals surface area contributed by atoms with Gasteiger partial charge in [0, 0.05) is 54.9 Å². The minimum absolute atomic E-state index is 0.0957. The van der Waals surface area contributed by atoms with Crippen LogP contribution in [0.25, 0.3) is 0 Å². The average Bonchev–Trinajstić information content (AvgIpc) is 2.90. The summed E-state index contributed by atoms with van der Waals surface area (Å²) in [4.78, 5) is 26.0. The summed E-state index contributed by atoms with van der Waals surface area (Å²) in [5, 5.41) is 19.2. The van der Waals surface area contributed by atoms with E-state index in [1.54, 1.807) is 0 Å². The number of halogens is 2. The quantitative estimate of drug-likeness (QED) is 0.220. The molecule has 0 bridgehead atoms. The molecule has 1 aromatic heterocycles. The summed E-state index contributed by atoms with van der Waals surface area (Å²) in [5.41, 5.74) is 7.82. The molecule has 1 unspecified atom stereocenters. The molecule has 0 radical (unpaired) electrons. The molecule has 1 aromatic carbocycles. The topological polar surface area (TPSA) is 128 Å². The van der Waals surface area contributed by atoms with E-state index >= 15 is 0 Å². The first-order valence-corrected chi connectivity index (χ1v) is 13.2. The molecule has 37 heavy (non-hydrogen) atoms. The molecular weight excluding hydrogens is 515 g/mol. The number of nitrogens with two attached hydrogens (primary N) is 1. The summed E-state index contributed by atoms with van der Waals surface area (Å²) in [7, 11) is 0. The molecule has 12 heteroatoms. The fourth-order valence-electron chi connectivity index (χ4n) is 5.37. The van der Waals surface area contributed by atoms with Gasteiger partial charge in [0.2, 0.25) is 0 Å². The second-order valence-corrected chi connectivity index (χ2v) is 10.3. The highest BCUT2D eigenvalue weighted by atomic mass is 35.5. The Balaban J connectivity index is 1.37. The zero-order chi connectivity index (χ0) is 26.5. The van der Waals surface area contributed by atoms with Crippen molar-refractivity contribution in [2.24, 2.45) is 10.7 Å². The molecule has 2 fully saturated rings. The number of anilines is 1. The standard InChI is InChI=1S/C25H32Cl2N8O2/c1-2-19-15-33(25-23(27)12-21(13-30-25)35(36)37)9-10-34(19)20-5-7-32(8-6-20)14-17-3-4-18(26)11-22(17)24(29)31-16-28/h3-4,11-13,16,19-20H,2,5-10,14-15H2,1H3,(H3,28,29,31). The van der Waals surface area contributed by atoms with Gasteiger partial charge in [-0.2, -0.15) is 0 Å². The van der Waals surface area contributed by atoms with E-state index in [0.717, 1.165) is 76.0 Å². The van der Waals surface area contributed by atoms with Gasteiger partial charge in [0.05, 0.1) is 9.95 Å². The van der Waals surface area contributed by atoms with Gasteiger partial charge in [-0.15, -0.1) is 0 Å². The maximum atomic E-state index is 11.0. The molecular formula is C25H32Cl2N8O2. The van der Waals surface area contributed by atoms with Crippen molar-refractivity contribution in [2.75, 3.05) is 37.6 Å². The summed E-state index contributed by atoms with van der Waals surface area (Å²) in [6.45, 7) is 7.37. The molecule has 2 aliphatic heterocycles. The van der Waals surface area contributed by atoms with Crippen LogP contribution in [0.5, 0.6) is 0 Å². The number of piperidine rings is 1. The molecule has 3 N–H and O–H groups in total. The maximum absolute atomic E-state index is 11.0. The summed E-state index contributed by atoms with van der Waals surface area (Å²) in [5.74, 6) is 0.915. The lowest BCUT2D eigenvalue weighted by Gasteiger charge is -2.47. The Kier molecular flexibility index (Phi) is 8.96. The van der Waals surface area contributed by atoms with Gasteiger partial charge >= 0.3 is 0 Å². The molecule has 0 spiro atoms. The monoisotopic (exact) mass is 546 g/mol. The van der Waals surface area contributed by atoms with E-state index in [1.165, 1.54) is 12.3 Å².